The molecule has 0 bridgehead atoms. The molecule has 0 aromatic carbocycles. The molecular weight excluding hydrogens is 251 g/mol. The summed E-state index contributed by atoms with van der Waals surface area (Å²) in [6.45, 7) is 0. The van der Waals surface area contributed by atoms with E-state index in [1.165, 1.54) is 0 Å². The van der Waals surface area contributed by atoms with Gasteiger partial charge in [0.15, 0.2) is 0 Å². The molecule has 0 fully saturated rings. The van der Waals surface area contributed by atoms with Crippen LogP contribution in [0.15, 0.2) is 0 Å². The van der Waals surface area contributed by atoms with Crippen molar-refractivity contribution < 1.29 is 88.6 Å². The summed E-state index contributed by atoms with van der Waals surface area (Å²) in [5.74, 6) is 0. The van der Waals surface area contributed by atoms with Gasteiger partial charge in [0.1, 0.15) is 0 Å². The van der Waals surface area contributed by atoms with Crippen molar-refractivity contribution in [3.63, 3.8) is 0 Å². The van der Waals surface area contributed by atoms with Crippen LogP contribution < -0.4 is 43.8 Å². The van der Waals surface area contributed by atoms with E-state index in [0.717, 1.165) is 0 Å². The van der Waals surface area contributed by atoms with Crippen LogP contribution in [-0.2, 0) is 45.5 Å². The van der Waals surface area contributed by atoms with Crippen LogP contribution in [0.4, 0.5) is 0 Å². The minimum absolute atomic E-state index is 0. The Hall–Kier alpha value is 1.21. The molecule has 0 rings (SSSR count). The zero-order chi connectivity index (χ0) is 7.15. The summed E-state index contributed by atoms with van der Waals surface area (Å²) >= 11 is -7.88. The molecule has 0 aromatic heterocycles. The van der Waals surface area contributed by atoms with Gasteiger partial charge in [0, 0.05) is 0 Å². The second-order valence-electron chi connectivity index (χ2n) is 0.447. The van der Waals surface area contributed by atoms with Crippen molar-refractivity contribution in [3.8, 4) is 0 Å². The van der Waals surface area contributed by atoms with E-state index >= 15 is 0 Å². The molecule has 0 amide bonds. The van der Waals surface area contributed by atoms with Crippen molar-refractivity contribution in [2.75, 3.05) is 0 Å². The van der Waals surface area contributed by atoms with Gasteiger partial charge in [0.05, 0.1) is 0 Å². The predicted molar refractivity (Wildman–Crippen MR) is 12.3 cm³/mol. The maximum absolute atomic E-state index is 8.56. The standard InChI is InChI=1S/H3N.Na.H2O.6O.2V/h1H3;;1H2;;;;;;;;/q;+1;;;;;;2*-1;;/p+1. The second kappa shape index (κ2) is 22.5. The van der Waals surface area contributed by atoms with E-state index in [0.29, 0.717) is 0 Å². The number of hydrogen-bond donors (Lipinski definition) is 1. The van der Waals surface area contributed by atoms with Gasteiger partial charge in [-0.1, -0.05) is 0 Å². The normalized spacial score (nSPS) is 4.55. The van der Waals surface area contributed by atoms with Crippen molar-refractivity contribution in [1.29, 1.82) is 0 Å². The Morgan fingerprint density at radius 2 is 0.818 bits per heavy atom. The molecule has 0 spiro atoms. The summed E-state index contributed by atoms with van der Waals surface area (Å²) in [6.07, 6.45) is 0. The van der Waals surface area contributed by atoms with Crippen LogP contribution in [-0.4, -0.2) is 5.48 Å². The molecule has 8 nitrogen and oxygen atoms in total. The molecule has 64 valence electrons. The van der Waals surface area contributed by atoms with Gasteiger partial charge < -0.3 is 11.6 Å². The first-order chi connectivity index (χ1) is 3.46. The third kappa shape index (κ3) is 650. The fourth-order valence-electron chi connectivity index (χ4n) is 0. The van der Waals surface area contributed by atoms with Crippen LogP contribution in [0.1, 0.15) is 0 Å². The molecule has 11 heteroatoms. The van der Waals surface area contributed by atoms with Gasteiger partial charge in [-0.2, -0.15) is 0 Å². The molecule has 0 aliphatic carbocycles. The van der Waals surface area contributed by atoms with Gasteiger partial charge in [-0.25, -0.2) is 0 Å². The summed E-state index contributed by atoms with van der Waals surface area (Å²) in [5, 5.41) is 0. The third-order valence-corrected chi connectivity index (χ3v) is 0. The van der Waals surface area contributed by atoms with Crippen molar-refractivity contribution in [3.05, 3.63) is 0 Å². The summed E-state index contributed by atoms with van der Waals surface area (Å²) in [7, 11) is 0. The Kier molecular flexibility index (Phi) is 60.3. The molecule has 0 heterocycles. The van der Waals surface area contributed by atoms with Gasteiger partial charge in [-0.3, -0.25) is 0 Å². The number of rotatable bonds is 0. The third-order valence-electron chi connectivity index (χ3n) is 0. The van der Waals surface area contributed by atoms with Crippen LogP contribution in [0.2, 0.25) is 0 Å². The summed E-state index contributed by atoms with van der Waals surface area (Å²) in [5.41, 5.74) is 0. The molecule has 0 unspecified atom stereocenters. The molecule has 0 aliphatic heterocycles. The average Bonchev–Trinajstić information content (AvgIpc) is 1.25. The van der Waals surface area contributed by atoms with Gasteiger partial charge >= 0.3 is 83.1 Å². The fourth-order valence-corrected chi connectivity index (χ4v) is 0. The molecule has 0 aliphatic rings. The van der Waals surface area contributed by atoms with E-state index in [2.05, 4.69) is 0 Å². The van der Waals surface area contributed by atoms with E-state index in [1.807, 2.05) is 0 Å². The van der Waals surface area contributed by atoms with Gasteiger partial charge in [0.25, 0.3) is 0 Å². The van der Waals surface area contributed by atoms with Crippen LogP contribution in [0.25, 0.3) is 0 Å². The maximum atomic E-state index is 8.56. The predicted octanol–water partition coefficient (Wildman–Crippen LogP) is -6.30. The summed E-state index contributed by atoms with van der Waals surface area (Å²) in [6, 6.07) is 0. The van der Waals surface area contributed by atoms with Crippen LogP contribution >= 0.6 is 0 Å². The Bertz CT molecular complexity index is 133. The number of hydrogen-bond acceptors (Lipinski definition) is 6. The Balaban J connectivity index is -0.0000000171. The minimum atomic E-state index is -3.94. The van der Waals surface area contributed by atoms with Gasteiger partial charge in [0.2, 0.25) is 0 Å². The summed E-state index contributed by atoms with van der Waals surface area (Å²) in [4.78, 5) is 0. The zero-order valence-corrected chi connectivity index (χ0v) is 10.6. The second-order valence-corrected chi connectivity index (χ2v) is 1.84. The van der Waals surface area contributed by atoms with Gasteiger partial charge in [-0.05, 0) is 0 Å². The van der Waals surface area contributed by atoms with Crippen molar-refractivity contribution >= 4 is 0 Å². The van der Waals surface area contributed by atoms with Crippen molar-refractivity contribution in [2.24, 2.45) is 0 Å². The van der Waals surface area contributed by atoms with Crippen molar-refractivity contribution in [1.82, 2.24) is 6.15 Å². The molecular formula is H6NNaO7V2. The Morgan fingerprint density at radius 1 is 0.818 bits per heavy atom. The molecule has 0 saturated heterocycles. The zero-order valence-electron chi connectivity index (χ0n) is 5.84. The van der Waals surface area contributed by atoms with E-state index < -0.39 is 30.8 Å². The molecule has 0 atom stereocenters. The molecule has 0 saturated carbocycles. The van der Waals surface area contributed by atoms with E-state index in [-0.39, 0.29) is 41.2 Å². The SMILES string of the molecule is O.[NH4+].[Na+].[O]=[V](=[O])[O-].[O]=[V](=[O])[O-]. The molecule has 11 heavy (non-hydrogen) atoms. The van der Waals surface area contributed by atoms with Crippen molar-refractivity contribution in [2.45, 2.75) is 0 Å². The first kappa shape index (κ1) is 29.5. The van der Waals surface area contributed by atoms with Crippen LogP contribution in [0, 0.1) is 0 Å². The van der Waals surface area contributed by atoms with E-state index in [4.69, 9.17) is 22.8 Å². The molecule has 6 N–H and O–H groups in total. The molecule has 0 aromatic rings. The fraction of sp³-hybridized carbons (Fsp3) is 0. The quantitative estimate of drug-likeness (QED) is 0.420. The first-order valence-corrected chi connectivity index (χ1v) is 4.52. The van der Waals surface area contributed by atoms with Gasteiger partial charge in [-0.15, -0.1) is 0 Å². The van der Waals surface area contributed by atoms with Crippen LogP contribution in [0.5, 0.6) is 0 Å². The Morgan fingerprint density at radius 3 is 0.818 bits per heavy atom. The van der Waals surface area contributed by atoms with E-state index in [9.17, 15) is 0 Å². The first-order valence-electron chi connectivity index (χ1n) is 1.10. The van der Waals surface area contributed by atoms with E-state index in [1.54, 1.807) is 0 Å². The molecule has 0 radical (unpaired) electrons. The number of quaternary nitrogens is 1. The topological polar surface area (TPSA) is 182 Å². The average molecular weight is 257 g/mol. The Labute approximate surface area is 93.9 Å². The monoisotopic (exact) mass is 257 g/mol. The summed E-state index contributed by atoms with van der Waals surface area (Å²) < 4.78 is 51.4. The van der Waals surface area contributed by atoms with Crippen LogP contribution in [0.3, 0.4) is 0 Å².